The van der Waals surface area contributed by atoms with Gasteiger partial charge in [0.15, 0.2) is 0 Å². The summed E-state index contributed by atoms with van der Waals surface area (Å²) in [5.41, 5.74) is 1.09. The number of halogens is 1. The molecule has 4 heteroatoms. The van der Waals surface area contributed by atoms with Gasteiger partial charge in [0.2, 0.25) is 5.91 Å². The maximum absolute atomic E-state index is 12.7. The van der Waals surface area contributed by atoms with Crippen molar-refractivity contribution in [1.29, 1.82) is 0 Å². The topological polar surface area (TPSA) is 38.3 Å². The van der Waals surface area contributed by atoms with Crippen molar-refractivity contribution in [3.8, 4) is 5.75 Å². The van der Waals surface area contributed by atoms with Crippen LogP contribution in [-0.4, -0.2) is 16.8 Å². The summed E-state index contributed by atoms with van der Waals surface area (Å²) in [6.07, 6.45) is 8.33. The van der Waals surface area contributed by atoms with Crippen molar-refractivity contribution in [1.82, 2.24) is 0 Å². The van der Waals surface area contributed by atoms with Crippen LogP contribution < -0.4 is 10.1 Å². The molecular formula is C20H26BrNO2. The number of carbonyl (C=O) groups excluding carboxylic acids is 1. The van der Waals surface area contributed by atoms with Gasteiger partial charge in [-0.2, -0.15) is 0 Å². The third kappa shape index (κ3) is 3.22. The van der Waals surface area contributed by atoms with E-state index in [0.717, 1.165) is 23.3 Å². The maximum atomic E-state index is 12.7. The van der Waals surface area contributed by atoms with Crippen LogP contribution in [0.4, 0.5) is 5.69 Å². The second kappa shape index (κ2) is 6.05. The van der Waals surface area contributed by atoms with Crippen LogP contribution in [0.15, 0.2) is 24.3 Å². The molecule has 0 spiro atoms. The first kappa shape index (κ1) is 16.4. The van der Waals surface area contributed by atoms with Gasteiger partial charge in [0, 0.05) is 16.4 Å². The van der Waals surface area contributed by atoms with Gasteiger partial charge in [0.25, 0.3) is 0 Å². The van der Waals surface area contributed by atoms with Crippen molar-refractivity contribution >= 4 is 27.5 Å². The van der Waals surface area contributed by atoms with E-state index in [1.54, 1.807) is 0 Å². The zero-order valence-corrected chi connectivity index (χ0v) is 15.9. The van der Waals surface area contributed by atoms with E-state index in [9.17, 15) is 4.79 Å². The van der Waals surface area contributed by atoms with Crippen molar-refractivity contribution < 1.29 is 9.53 Å². The molecule has 4 aliphatic carbocycles. The summed E-state index contributed by atoms with van der Waals surface area (Å²) in [6.45, 7) is 2.63. The van der Waals surface area contributed by atoms with Gasteiger partial charge in [-0.05, 0) is 87.0 Å². The van der Waals surface area contributed by atoms with Crippen LogP contribution in [0.2, 0.25) is 0 Å². The highest BCUT2D eigenvalue weighted by Gasteiger charge is 2.57. The lowest BCUT2D eigenvalue weighted by atomic mass is 9.48. The summed E-state index contributed by atoms with van der Waals surface area (Å²) in [4.78, 5) is 12.7. The average Bonchev–Trinajstić information content (AvgIpc) is 2.46. The molecule has 1 aromatic rings. The lowest BCUT2D eigenvalue weighted by molar-refractivity contribution is -0.123. The van der Waals surface area contributed by atoms with E-state index in [4.69, 9.17) is 4.74 Å². The zero-order valence-electron chi connectivity index (χ0n) is 14.3. The molecule has 0 radical (unpaired) electrons. The normalized spacial score (nSPS) is 36.6. The Morgan fingerprint density at radius 3 is 2.46 bits per heavy atom. The molecule has 0 saturated heterocycles. The summed E-state index contributed by atoms with van der Waals surface area (Å²) in [7, 11) is 0. The van der Waals surface area contributed by atoms with Gasteiger partial charge < -0.3 is 10.1 Å². The Kier molecular flexibility index (Phi) is 4.14. The number of amides is 1. The van der Waals surface area contributed by atoms with Gasteiger partial charge in [-0.3, -0.25) is 4.79 Å². The predicted molar refractivity (Wildman–Crippen MR) is 99.6 cm³/mol. The van der Waals surface area contributed by atoms with E-state index in [2.05, 4.69) is 21.2 Å². The Labute approximate surface area is 152 Å². The van der Waals surface area contributed by atoms with Crippen molar-refractivity contribution in [3.05, 3.63) is 24.3 Å². The molecule has 3 nitrogen and oxygen atoms in total. The number of anilines is 1. The zero-order chi connectivity index (χ0) is 16.8. The summed E-state index contributed by atoms with van der Waals surface area (Å²) >= 11 is 4.03. The van der Waals surface area contributed by atoms with E-state index >= 15 is 0 Å². The molecule has 130 valence electrons. The molecule has 24 heavy (non-hydrogen) atoms. The summed E-state index contributed by atoms with van der Waals surface area (Å²) in [5.74, 6) is 2.66. The average molecular weight is 392 g/mol. The predicted octanol–water partition coefficient (Wildman–Crippen LogP) is 5.15. The maximum Gasteiger partial charge on any atom is 0.224 e. The third-order valence-electron chi connectivity index (χ3n) is 6.10. The monoisotopic (exact) mass is 391 g/mol. The molecule has 2 atom stereocenters. The van der Waals surface area contributed by atoms with Gasteiger partial charge >= 0.3 is 0 Å². The fourth-order valence-corrected chi connectivity index (χ4v) is 7.40. The van der Waals surface area contributed by atoms with E-state index in [1.165, 1.54) is 38.5 Å². The largest absolute Gasteiger partial charge is 0.494 e. The van der Waals surface area contributed by atoms with Crippen LogP contribution in [0.1, 0.15) is 51.9 Å². The third-order valence-corrected chi connectivity index (χ3v) is 7.02. The van der Waals surface area contributed by atoms with E-state index < -0.39 is 0 Å². The van der Waals surface area contributed by atoms with E-state index in [1.807, 2.05) is 31.2 Å². The highest BCUT2D eigenvalue weighted by molar-refractivity contribution is 9.10. The molecule has 5 rings (SSSR count). The van der Waals surface area contributed by atoms with Gasteiger partial charge in [0.05, 0.1) is 6.61 Å². The van der Waals surface area contributed by atoms with E-state index in [0.29, 0.717) is 17.4 Å². The number of alkyl halides is 1. The van der Waals surface area contributed by atoms with Gasteiger partial charge in [-0.25, -0.2) is 0 Å². The molecule has 1 N–H and O–H groups in total. The number of carbonyl (C=O) groups is 1. The molecule has 0 aromatic heterocycles. The summed E-state index contributed by atoms with van der Waals surface area (Å²) in [5, 5.41) is 3.09. The number of rotatable bonds is 5. The van der Waals surface area contributed by atoms with Crippen LogP contribution in [0.3, 0.4) is 0 Å². The second-order valence-electron chi connectivity index (χ2n) is 8.29. The minimum Gasteiger partial charge on any atom is -0.494 e. The standard InChI is InChI=1S/C20H26BrNO2/c1-2-24-17-5-3-16(4-6-17)22-18(23)12-19-8-14-7-15(9-19)11-20(21,10-14)13-19/h3-6,14-15H,2,7-13H2,1H3,(H,22,23)/t14-,15-,19?,20?/m1/s1. The van der Waals surface area contributed by atoms with Gasteiger partial charge in [-0.1, -0.05) is 15.9 Å². The number of ether oxygens (including phenoxy) is 1. The minimum absolute atomic E-state index is 0.164. The van der Waals surface area contributed by atoms with Gasteiger partial charge in [-0.15, -0.1) is 0 Å². The van der Waals surface area contributed by atoms with Gasteiger partial charge in [0.1, 0.15) is 5.75 Å². The van der Waals surface area contributed by atoms with Crippen LogP contribution >= 0.6 is 15.9 Å². The molecule has 0 heterocycles. The van der Waals surface area contributed by atoms with Crippen LogP contribution in [-0.2, 0) is 4.79 Å². The molecule has 4 saturated carbocycles. The summed E-state index contributed by atoms with van der Waals surface area (Å²) < 4.78 is 5.77. The SMILES string of the molecule is CCOc1ccc(NC(=O)CC23C[C@H]4C[C@@H](CC(Br)(C4)C2)C3)cc1. The number of hydrogen-bond acceptors (Lipinski definition) is 2. The van der Waals surface area contributed by atoms with Crippen molar-refractivity contribution in [2.24, 2.45) is 17.3 Å². The molecule has 0 aliphatic heterocycles. The molecular weight excluding hydrogens is 366 g/mol. The first-order valence-electron chi connectivity index (χ1n) is 9.19. The first-order valence-corrected chi connectivity index (χ1v) is 9.99. The quantitative estimate of drug-likeness (QED) is 0.704. The number of nitrogens with one attached hydrogen (secondary N) is 1. The highest BCUT2D eigenvalue weighted by atomic mass is 79.9. The van der Waals surface area contributed by atoms with Crippen LogP contribution in [0, 0.1) is 17.3 Å². The Bertz CT molecular complexity index is 613. The fraction of sp³-hybridized carbons (Fsp3) is 0.650. The highest BCUT2D eigenvalue weighted by Crippen LogP contribution is 2.65. The second-order valence-corrected chi connectivity index (χ2v) is 9.98. The molecule has 4 fully saturated rings. The van der Waals surface area contributed by atoms with E-state index in [-0.39, 0.29) is 11.3 Å². The number of benzene rings is 1. The molecule has 1 aromatic carbocycles. The van der Waals surface area contributed by atoms with Crippen LogP contribution in [0.25, 0.3) is 0 Å². The Morgan fingerprint density at radius 2 is 1.88 bits per heavy atom. The molecule has 4 bridgehead atoms. The summed E-state index contributed by atoms with van der Waals surface area (Å²) in [6, 6.07) is 7.68. The van der Waals surface area contributed by atoms with Crippen molar-refractivity contribution in [2.75, 3.05) is 11.9 Å². The molecule has 0 unspecified atom stereocenters. The molecule has 1 amide bonds. The number of hydrogen-bond donors (Lipinski definition) is 1. The van der Waals surface area contributed by atoms with Crippen LogP contribution in [0.5, 0.6) is 5.75 Å². The Balaban J connectivity index is 1.41. The first-order chi connectivity index (χ1) is 11.5. The minimum atomic E-state index is 0.164. The Hall–Kier alpha value is -1.03. The van der Waals surface area contributed by atoms with Crippen molar-refractivity contribution in [3.63, 3.8) is 0 Å². The van der Waals surface area contributed by atoms with Crippen molar-refractivity contribution in [2.45, 2.75) is 56.2 Å². The smallest absolute Gasteiger partial charge is 0.224 e. The fourth-order valence-electron chi connectivity index (χ4n) is 5.89. The molecule has 4 aliphatic rings. The Morgan fingerprint density at radius 1 is 1.21 bits per heavy atom. The lowest BCUT2D eigenvalue weighted by Gasteiger charge is -2.60. The lowest BCUT2D eigenvalue weighted by Crippen LogP contribution is -2.53.